The summed E-state index contributed by atoms with van der Waals surface area (Å²) in [5.41, 5.74) is 0. The normalized spacial score (nSPS) is 13.9. The third-order valence-corrected chi connectivity index (χ3v) is 10.9. The Morgan fingerprint density at radius 3 is 1.13 bits per heavy atom. The number of likely N-dealkylation sites (N-methyl/N-ethyl adjacent to an activating group) is 1. The Morgan fingerprint density at radius 1 is 0.423 bits per heavy atom. The van der Waals surface area contributed by atoms with Crippen molar-refractivity contribution in [3.8, 4) is 0 Å². The van der Waals surface area contributed by atoms with Crippen LogP contribution in [0.1, 0.15) is 181 Å². The first-order chi connectivity index (χ1) is 34.6. The Labute approximate surface area is 433 Å². The maximum Gasteiger partial charge on any atom is 0.306 e. The molecule has 2 atom stereocenters. The average molecular weight is 986 g/mol. The van der Waals surface area contributed by atoms with Gasteiger partial charge in [0.1, 0.15) is 13.2 Å². The number of hydrogen-bond acceptors (Lipinski definition) is 8. The number of ether oxygens (including phenoxy) is 4. The smallest absolute Gasteiger partial charge is 0.306 e. The summed E-state index contributed by atoms with van der Waals surface area (Å²) in [7, 11) is 5.89. The number of rotatable bonds is 48. The summed E-state index contributed by atoms with van der Waals surface area (Å²) in [6.45, 7) is 4.45. The SMILES string of the molecule is CC/C=C\C/C=C\C/C=C\C/C=C\C/C=C\C/C=C\C/C=C\C/C=C\CCCCCCC(=O)OC(COC(=O)CCCCCCCCC/C=C\C/C=C\C/C=C\CC)COC(OCC[N+](C)(C)C)C(=O)[O-]. The van der Waals surface area contributed by atoms with Gasteiger partial charge in [-0.05, 0) is 109 Å². The number of esters is 2. The highest BCUT2D eigenvalue weighted by Gasteiger charge is 2.21. The number of carbonyl (C=O) groups excluding carboxylic acids is 3. The minimum absolute atomic E-state index is 0.132. The molecule has 0 saturated carbocycles. The number of carbonyl (C=O) groups is 3. The Balaban J connectivity index is 4.40. The molecule has 0 aromatic heterocycles. The largest absolute Gasteiger partial charge is 0.545 e. The molecule has 0 bridgehead atoms. The van der Waals surface area contributed by atoms with E-state index in [2.05, 4.69) is 148 Å². The van der Waals surface area contributed by atoms with Crippen LogP contribution in [0.4, 0.5) is 0 Å². The van der Waals surface area contributed by atoms with Crippen LogP contribution in [0.5, 0.6) is 0 Å². The van der Waals surface area contributed by atoms with Crippen LogP contribution in [-0.2, 0) is 33.3 Å². The molecular weight excluding hydrogens is 887 g/mol. The van der Waals surface area contributed by atoms with Gasteiger partial charge in [-0.15, -0.1) is 0 Å². The molecule has 71 heavy (non-hydrogen) atoms. The van der Waals surface area contributed by atoms with Crippen molar-refractivity contribution in [1.82, 2.24) is 0 Å². The van der Waals surface area contributed by atoms with Gasteiger partial charge in [-0.25, -0.2) is 0 Å². The van der Waals surface area contributed by atoms with Gasteiger partial charge in [-0.2, -0.15) is 0 Å². The quantitative estimate of drug-likeness (QED) is 0.0195. The Kier molecular flexibility index (Phi) is 48.4. The Bertz CT molecular complexity index is 1620. The van der Waals surface area contributed by atoms with Crippen molar-refractivity contribution in [2.45, 2.75) is 193 Å². The topological polar surface area (TPSA) is 111 Å². The van der Waals surface area contributed by atoms with Gasteiger partial charge < -0.3 is 33.3 Å². The first-order valence-corrected chi connectivity index (χ1v) is 27.3. The van der Waals surface area contributed by atoms with Crippen molar-refractivity contribution in [3.63, 3.8) is 0 Å². The summed E-state index contributed by atoms with van der Waals surface area (Å²) in [6, 6.07) is 0. The molecule has 0 amide bonds. The zero-order valence-corrected chi connectivity index (χ0v) is 45.3. The first kappa shape index (κ1) is 66.4. The first-order valence-electron chi connectivity index (χ1n) is 27.3. The van der Waals surface area contributed by atoms with Gasteiger partial charge in [0.15, 0.2) is 12.4 Å². The van der Waals surface area contributed by atoms with Crippen molar-refractivity contribution in [2.24, 2.45) is 0 Å². The van der Waals surface area contributed by atoms with E-state index in [4.69, 9.17) is 18.9 Å². The van der Waals surface area contributed by atoms with Crippen LogP contribution in [0.25, 0.3) is 0 Å². The summed E-state index contributed by atoms with van der Waals surface area (Å²) in [5.74, 6) is -2.35. The van der Waals surface area contributed by atoms with E-state index in [-0.39, 0.29) is 38.6 Å². The molecule has 0 aliphatic rings. The lowest BCUT2D eigenvalue weighted by Crippen LogP contribution is -2.44. The molecule has 0 spiro atoms. The van der Waals surface area contributed by atoms with E-state index in [1.165, 1.54) is 19.3 Å². The van der Waals surface area contributed by atoms with Crippen LogP contribution in [0.2, 0.25) is 0 Å². The van der Waals surface area contributed by atoms with E-state index >= 15 is 0 Å². The highest BCUT2D eigenvalue weighted by atomic mass is 16.7. The second-order valence-corrected chi connectivity index (χ2v) is 18.8. The monoisotopic (exact) mass is 986 g/mol. The van der Waals surface area contributed by atoms with Crippen LogP contribution in [-0.4, -0.2) is 82.3 Å². The number of allylic oxidation sites excluding steroid dienone is 22. The van der Waals surface area contributed by atoms with Gasteiger partial charge in [0.2, 0.25) is 0 Å². The van der Waals surface area contributed by atoms with Crippen molar-refractivity contribution in [3.05, 3.63) is 134 Å². The maximum absolute atomic E-state index is 12.8. The lowest BCUT2D eigenvalue weighted by atomic mass is 10.1. The molecule has 0 radical (unpaired) electrons. The standard InChI is InChI=1S/C62H99NO8/c1-6-8-10-12-14-16-18-20-22-24-25-26-27-28-29-30-31-32-33-34-35-37-39-41-43-45-47-49-51-53-60(65)71-58(57-70-62(61(66)67)68-55-54-63(3,4)5)56-69-59(64)52-50-48-46-44-42-40-38-36-23-21-19-17-15-13-11-9-7-2/h8-11,14-17,20-23,25-26,28-29,31-32,34-35,39,41,58,62H,6-7,12-13,18-19,24,27,30,33,36-38,40,42-57H2,1-5H3/b10-8-,11-9-,16-14-,17-15-,22-20-,23-21-,26-25-,29-28-,32-31-,35-34-,41-39-. The van der Waals surface area contributed by atoms with Crippen molar-refractivity contribution in [1.29, 1.82) is 0 Å². The number of nitrogens with zero attached hydrogens (tertiary/aromatic N) is 1. The molecular formula is C62H99NO8. The zero-order valence-electron chi connectivity index (χ0n) is 45.3. The van der Waals surface area contributed by atoms with Gasteiger partial charge in [-0.1, -0.05) is 192 Å². The van der Waals surface area contributed by atoms with E-state index in [9.17, 15) is 19.5 Å². The van der Waals surface area contributed by atoms with Gasteiger partial charge in [0.05, 0.1) is 40.3 Å². The van der Waals surface area contributed by atoms with E-state index in [1.807, 2.05) is 21.1 Å². The molecule has 400 valence electrons. The lowest BCUT2D eigenvalue weighted by Gasteiger charge is -2.26. The van der Waals surface area contributed by atoms with Crippen LogP contribution in [0.3, 0.4) is 0 Å². The molecule has 0 fully saturated rings. The minimum atomic E-state index is -1.64. The van der Waals surface area contributed by atoms with Crippen molar-refractivity contribution >= 4 is 17.9 Å². The number of carboxylic acids is 1. The molecule has 0 aromatic rings. The van der Waals surface area contributed by atoms with Crippen LogP contribution in [0.15, 0.2) is 134 Å². The molecule has 0 rings (SSSR count). The second-order valence-electron chi connectivity index (χ2n) is 18.8. The molecule has 0 aliphatic heterocycles. The molecule has 2 unspecified atom stereocenters. The summed E-state index contributed by atoms with van der Waals surface area (Å²) in [6.07, 6.45) is 70.6. The zero-order chi connectivity index (χ0) is 52.0. The third-order valence-electron chi connectivity index (χ3n) is 10.9. The summed E-state index contributed by atoms with van der Waals surface area (Å²) >= 11 is 0. The fourth-order valence-electron chi connectivity index (χ4n) is 6.74. The van der Waals surface area contributed by atoms with Gasteiger partial charge in [0.25, 0.3) is 0 Å². The fourth-order valence-corrected chi connectivity index (χ4v) is 6.74. The molecule has 0 saturated heterocycles. The van der Waals surface area contributed by atoms with E-state index in [0.29, 0.717) is 17.4 Å². The molecule has 0 N–H and O–H groups in total. The highest BCUT2D eigenvalue weighted by molar-refractivity contribution is 5.70. The molecule has 9 nitrogen and oxygen atoms in total. The van der Waals surface area contributed by atoms with Crippen LogP contribution < -0.4 is 5.11 Å². The highest BCUT2D eigenvalue weighted by Crippen LogP contribution is 2.13. The third kappa shape index (κ3) is 53.1. The lowest BCUT2D eigenvalue weighted by molar-refractivity contribution is -0.870. The van der Waals surface area contributed by atoms with Crippen LogP contribution in [0, 0.1) is 0 Å². The molecule has 9 heteroatoms. The van der Waals surface area contributed by atoms with E-state index < -0.39 is 24.3 Å². The van der Waals surface area contributed by atoms with Gasteiger partial charge in [0, 0.05) is 12.8 Å². The Hall–Kier alpha value is -4.57. The van der Waals surface area contributed by atoms with E-state index in [0.717, 1.165) is 128 Å². The van der Waals surface area contributed by atoms with E-state index in [1.54, 1.807) is 0 Å². The Morgan fingerprint density at radius 2 is 0.761 bits per heavy atom. The summed E-state index contributed by atoms with van der Waals surface area (Å²) < 4.78 is 22.6. The summed E-state index contributed by atoms with van der Waals surface area (Å²) in [4.78, 5) is 37.2. The predicted molar refractivity (Wildman–Crippen MR) is 296 cm³/mol. The van der Waals surface area contributed by atoms with Crippen molar-refractivity contribution in [2.75, 3.05) is 47.5 Å². The average Bonchev–Trinajstić information content (AvgIpc) is 3.34. The number of aliphatic carboxylic acids is 1. The number of quaternary nitrogens is 1. The number of hydrogen-bond donors (Lipinski definition) is 0. The second kappa shape index (κ2) is 51.8. The predicted octanol–water partition coefficient (Wildman–Crippen LogP) is 14.6. The maximum atomic E-state index is 12.8. The van der Waals surface area contributed by atoms with Crippen molar-refractivity contribution < 1.29 is 42.9 Å². The van der Waals surface area contributed by atoms with Crippen LogP contribution >= 0.6 is 0 Å². The number of unbranched alkanes of at least 4 members (excludes halogenated alkanes) is 11. The number of carboxylic acid groups (broad SMARTS) is 1. The summed E-state index contributed by atoms with van der Waals surface area (Å²) in [5, 5.41) is 11.8. The van der Waals surface area contributed by atoms with Gasteiger partial charge >= 0.3 is 11.9 Å². The molecule has 0 aromatic carbocycles. The fraction of sp³-hybridized carbons (Fsp3) is 0.597. The molecule has 0 heterocycles. The molecule has 0 aliphatic carbocycles. The minimum Gasteiger partial charge on any atom is -0.545 e. The van der Waals surface area contributed by atoms with Gasteiger partial charge in [-0.3, -0.25) is 9.59 Å².